The van der Waals surface area contributed by atoms with E-state index in [9.17, 15) is 13.2 Å². The first-order chi connectivity index (χ1) is 11.0. The first-order valence-corrected chi connectivity index (χ1v) is 7.20. The van der Waals surface area contributed by atoms with Gasteiger partial charge in [0.2, 0.25) is 5.82 Å². The van der Waals surface area contributed by atoms with Gasteiger partial charge < -0.3 is 9.36 Å². The molecule has 0 radical (unpaired) electrons. The monoisotopic (exact) mass is 325 g/mol. The minimum Gasteiger partial charge on any atom is -0.387 e. The fraction of sp³-hybridized carbons (Fsp3) is 0.400. The van der Waals surface area contributed by atoms with Crippen molar-refractivity contribution in [1.82, 2.24) is 10.1 Å². The van der Waals surface area contributed by atoms with Gasteiger partial charge in [-0.25, -0.2) is 0 Å². The van der Waals surface area contributed by atoms with Gasteiger partial charge in [-0.3, -0.25) is 0 Å². The van der Waals surface area contributed by atoms with Crippen LogP contribution in [0.5, 0.6) is 0 Å². The predicted molar refractivity (Wildman–Crippen MR) is 75.5 cm³/mol. The first kappa shape index (κ1) is 15.5. The number of hydrogen-bond acceptors (Lipinski definition) is 5. The van der Waals surface area contributed by atoms with E-state index in [1.54, 1.807) is 24.3 Å². The minimum atomic E-state index is -4.64. The van der Waals surface area contributed by atoms with E-state index in [0.717, 1.165) is 30.5 Å². The summed E-state index contributed by atoms with van der Waals surface area (Å²) in [5.41, 5.74) is 2.37. The first-order valence-electron chi connectivity index (χ1n) is 7.20. The van der Waals surface area contributed by atoms with Crippen LogP contribution in [0.25, 0.3) is 11.4 Å². The van der Waals surface area contributed by atoms with E-state index < -0.39 is 12.1 Å². The molecule has 2 heterocycles. The van der Waals surface area contributed by atoms with Crippen molar-refractivity contribution in [3.63, 3.8) is 0 Å². The molecule has 1 aliphatic rings. The quantitative estimate of drug-likeness (QED) is 0.837. The lowest BCUT2D eigenvalue weighted by Gasteiger charge is -2.08. The average molecular weight is 325 g/mol. The number of alkyl halides is 3. The molecule has 0 amide bonds. The van der Waals surface area contributed by atoms with Gasteiger partial charge in [-0.1, -0.05) is 47.9 Å². The van der Waals surface area contributed by atoms with Gasteiger partial charge in [0.15, 0.2) is 6.10 Å². The molecule has 0 fully saturated rings. The van der Waals surface area contributed by atoms with Crippen LogP contribution in [0.4, 0.5) is 13.2 Å². The second-order valence-corrected chi connectivity index (χ2v) is 5.25. The highest BCUT2D eigenvalue weighted by molar-refractivity contribution is 5.85. The van der Waals surface area contributed by atoms with Crippen LogP contribution in [0.15, 0.2) is 33.9 Å². The van der Waals surface area contributed by atoms with Crippen molar-refractivity contribution in [2.75, 3.05) is 0 Å². The van der Waals surface area contributed by atoms with Crippen LogP contribution in [-0.4, -0.2) is 15.9 Å². The third-order valence-corrected chi connectivity index (χ3v) is 3.48. The summed E-state index contributed by atoms with van der Waals surface area (Å²) in [4.78, 5) is 8.75. The summed E-state index contributed by atoms with van der Waals surface area (Å²) in [6.45, 7) is 2.07. The van der Waals surface area contributed by atoms with Crippen molar-refractivity contribution in [2.45, 2.75) is 38.5 Å². The molecule has 0 N–H and O–H groups in total. The number of oxime groups is 1. The van der Waals surface area contributed by atoms with Crippen molar-refractivity contribution in [3.8, 4) is 11.4 Å². The van der Waals surface area contributed by atoms with Gasteiger partial charge >= 0.3 is 12.1 Å². The molecule has 8 heteroatoms. The van der Waals surface area contributed by atoms with Gasteiger partial charge in [-0.2, -0.15) is 18.2 Å². The third kappa shape index (κ3) is 3.35. The molecule has 3 rings (SSSR count). The molecule has 0 saturated heterocycles. The van der Waals surface area contributed by atoms with E-state index >= 15 is 0 Å². The molecule has 1 aromatic heterocycles. The number of benzene rings is 1. The Morgan fingerprint density at radius 1 is 1.22 bits per heavy atom. The second-order valence-electron chi connectivity index (χ2n) is 5.25. The Balaban J connectivity index is 1.72. The Kier molecular flexibility index (Phi) is 4.06. The summed E-state index contributed by atoms with van der Waals surface area (Å²) in [6.07, 6.45) is -2.16. The number of hydrogen-bond donors (Lipinski definition) is 0. The van der Waals surface area contributed by atoms with Crippen molar-refractivity contribution in [3.05, 3.63) is 35.7 Å². The molecule has 5 nitrogen and oxygen atoms in total. The highest BCUT2D eigenvalue weighted by Crippen LogP contribution is 2.31. The highest BCUT2D eigenvalue weighted by atomic mass is 19.4. The van der Waals surface area contributed by atoms with Gasteiger partial charge in [0.1, 0.15) is 0 Å². The lowest BCUT2D eigenvalue weighted by molar-refractivity contribution is -0.159. The Labute approximate surface area is 130 Å². The standard InChI is InChI=1S/C15H14F3N3O2/c1-2-3-11-8-12(22-20-11)9-4-6-10(7-5-9)13-19-14(23-21-13)15(16,17)18/h4-7,12H,2-3,8H2,1H3. The summed E-state index contributed by atoms with van der Waals surface area (Å²) in [7, 11) is 0. The normalized spacial score (nSPS) is 17.9. The average Bonchev–Trinajstić information content (AvgIpc) is 3.16. The zero-order valence-corrected chi connectivity index (χ0v) is 12.3. The summed E-state index contributed by atoms with van der Waals surface area (Å²) < 4.78 is 41.6. The third-order valence-electron chi connectivity index (χ3n) is 3.48. The minimum absolute atomic E-state index is 0.0980. The summed E-state index contributed by atoms with van der Waals surface area (Å²) in [6, 6.07) is 6.82. The molecular weight excluding hydrogens is 311 g/mol. The fourth-order valence-electron chi connectivity index (χ4n) is 2.34. The molecule has 2 aromatic rings. The lowest BCUT2D eigenvalue weighted by Crippen LogP contribution is -2.04. The number of nitrogens with zero attached hydrogens (tertiary/aromatic N) is 3. The molecule has 23 heavy (non-hydrogen) atoms. The summed E-state index contributed by atoms with van der Waals surface area (Å²) in [5, 5.41) is 7.40. The van der Waals surface area contributed by atoms with Crippen molar-refractivity contribution in [1.29, 1.82) is 0 Å². The van der Waals surface area contributed by atoms with Gasteiger partial charge in [-0.05, 0) is 12.0 Å². The van der Waals surface area contributed by atoms with Crippen LogP contribution in [-0.2, 0) is 11.0 Å². The molecule has 1 aliphatic heterocycles. The van der Waals surface area contributed by atoms with Crippen LogP contribution in [0, 0.1) is 0 Å². The van der Waals surface area contributed by atoms with E-state index in [0.29, 0.717) is 5.56 Å². The Morgan fingerprint density at radius 3 is 2.57 bits per heavy atom. The van der Waals surface area contributed by atoms with Crippen LogP contribution in [0.2, 0.25) is 0 Å². The van der Waals surface area contributed by atoms with Crippen LogP contribution < -0.4 is 0 Å². The van der Waals surface area contributed by atoms with E-state index in [4.69, 9.17) is 4.84 Å². The fourth-order valence-corrected chi connectivity index (χ4v) is 2.34. The maximum absolute atomic E-state index is 12.5. The smallest absolute Gasteiger partial charge is 0.387 e. The maximum atomic E-state index is 12.5. The lowest BCUT2D eigenvalue weighted by atomic mass is 10.0. The van der Waals surface area contributed by atoms with E-state index in [1.807, 2.05) is 0 Å². The summed E-state index contributed by atoms with van der Waals surface area (Å²) in [5.74, 6) is -1.45. The van der Waals surface area contributed by atoms with E-state index in [-0.39, 0.29) is 11.9 Å². The van der Waals surface area contributed by atoms with E-state index in [2.05, 4.69) is 26.7 Å². The molecule has 0 saturated carbocycles. The van der Waals surface area contributed by atoms with Crippen LogP contribution >= 0.6 is 0 Å². The molecule has 0 spiro atoms. The highest BCUT2D eigenvalue weighted by Gasteiger charge is 2.38. The number of rotatable bonds is 4. The van der Waals surface area contributed by atoms with Crippen molar-refractivity contribution >= 4 is 5.71 Å². The number of aromatic nitrogens is 2. The zero-order valence-electron chi connectivity index (χ0n) is 12.3. The van der Waals surface area contributed by atoms with Gasteiger partial charge in [0, 0.05) is 12.0 Å². The van der Waals surface area contributed by atoms with Crippen molar-refractivity contribution < 1.29 is 22.5 Å². The number of halogens is 3. The predicted octanol–water partition coefficient (Wildman–Crippen LogP) is 4.37. The molecule has 1 atom stereocenters. The molecule has 0 bridgehead atoms. The topological polar surface area (TPSA) is 60.5 Å². The van der Waals surface area contributed by atoms with Crippen LogP contribution in [0.1, 0.15) is 43.7 Å². The molecule has 0 aliphatic carbocycles. The largest absolute Gasteiger partial charge is 0.471 e. The molecule has 122 valence electrons. The van der Waals surface area contributed by atoms with Gasteiger partial charge in [-0.15, -0.1) is 0 Å². The molecule has 1 unspecified atom stereocenters. The molecule has 1 aromatic carbocycles. The molecular formula is C15H14F3N3O2. The van der Waals surface area contributed by atoms with Crippen LogP contribution in [0.3, 0.4) is 0 Å². The summed E-state index contributed by atoms with van der Waals surface area (Å²) >= 11 is 0. The Morgan fingerprint density at radius 2 is 1.96 bits per heavy atom. The zero-order chi connectivity index (χ0) is 16.4. The Bertz CT molecular complexity index is 708. The van der Waals surface area contributed by atoms with Gasteiger partial charge in [0.25, 0.3) is 0 Å². The van der Waals surface area contributed by atoms with E-state index in [1.165, 1.54) is 0 Å². The van der Waals surface area contributed by atoms with Gasteiger partial charge in [0.05, 0.1) is 5.71 Å². The SMILES string of the molecule is CCCC1=NOC(c2ccc(-c3noc(C(F)(F)F)n3)cc2)C1. The maximum Gasteiger partial charge on any atom is 0.471 e. The Hall–Kier alpha value is -2.38. The second kappa shape index (κ2) is 6.02. The van der Waals surface area contributed by atoms with Crippen molar-refractivity contribution in [2.24, 2.45) is 5.16 Å².